The lowest BCUT2D eigenvalue weighted by Gasteiger charge is -2.49. The van der Waals surface area contributed by atoms with E-state index in [4.69, 9.17) is 5.10 Å². The first kappa shape index (κ1) is 16.3. The van der Waals surface area contributed by atoms with Crippen molar-refractivity contribution in [3.8, 4) is 17.0 Å². The van der Waals surface area contributed by atoms with Gasteiger partial charge in [-0.3, -0.25) is 10.1 Å². The van der Waals surface area contributed by atoms with E-state index in [1.54, 1.807) is 0 Å². The van der Waals surface area contributed by atoms with Crippen LogP contribution in [0.5, 0.6) is 5.75 Å². The van der Waals surface area contributed by atoms with Crippen LogP contribution < -0.4 is 0 Å². The number of aromatic hydroxyl groups is 1. The van der Waals surface area contributed by atoms with Gasteiger partial charge in [0.25, 0.3) is 0 Å². The summed E-state index contributed by atoms with van der Waals surface area (Å²) >= 11 is 0. The number of rotatable bonds is 1. The van der Waals surface area contributed by atoms with Crippen molar-refractivity contribution in [2.75, 3.05) is 0 Å². The highest BCUT2D eigenvalue weighted by Gasteiger charge is 2.54. The van der Waals surface area contributed by atoms with E-state index in [2.05, 4.69) is 29.1 Å². The van der Waals surface area contributed by atoms with Crippen molar-refractivity contribution in [3.63, 3.8) is 0 Å². The van der Waals surface area contributed by atoms with Crippen LogP contribution in [-0.4, -0.2) is 20.3 Å². The molecule has 0 amide bonds. The van der Waals surface area contributed by atoms with Crippen molar-refractivity contribution in [2.24, 2.45) is 11.8 Å². The third-order valence-electron chi connectivity index (χ3n) is 7.90. The monoisotopic (exact) mass is 371 g/mol. The lowest BCUT2D eigenvalue weighted by atomic mass is 9.55. The quantitative estimate of drug-likeness (QED) is 0.649. The minimum absolute atomic E-state index is 0.193. The van der Waals surface area contributed by atoms with E-state index >= 15 is 0 Å². The highest BCUT2D eigenvalue weighted by atomic mass is 16.3. The maximum atomic E-state index is 9.89. The number of hydrogen-bond donors (Lipinski definition) is 2. The number of phenolic OH excluding ortho intramolecular Hbond substituents is 1. The first-order valence-electron chi connectivity index (χ1n) is 10.4. The van der Waals surface area contributed by atoms with Gasteiger partial charge in [-0.1, -0.05) is 13.0 Å². The molecule has 0 aliphatic heterocycles. The van der Waals surface area contributed by atoms with Gasteiger partial charge in [0, 0.05) is 34.6 Å². The number of nitrogens with one attached hydrogen (secondary N) is 1. The van der Waals surface area contributed by atoms with E-state index < -0.39 is 0 Å². The van der Waals surface area contributed by atoms with E-state index in [-0.39, 0.29) is 5.41 Å². The molecule has 28 heavy (non-hydrogen) atoms. The highest BCUT2D eigenvalue weighted by Crippen LogP contribution is 2.60. The summed E-state index contributed by atoms with van der Waals surface area (Å²) in [6, 6.07) is 10.1. The summed E-state index contributed by atoms with van der Waals surface area (Å²) in [5.74, 6) is 2.40. The molecule has 3 aliphatic carbocycles. The lowest BCUT2D eigenvalue weighted by molar-refractivity contribution is 0.103. The van der Waals surface area contributed by atoms with Crippen molar-refractivity contribution in [1.29, 1.82) is 0 Å². The van der Waals surface area contributed by atoms with Crippen molar-refractivity contribution < 1.29 is 5.11 Å². The molecule has 142 valence electrons. The molecule has 3 aliphatic rings. The van der Waals surface area contributed by atoms with Gasteiger partial charge in [-0.05, 0) is 85.3 Å². The van der Waals surface area contributed by atoms with E-state index in [1.807, 2.05) is 30.6 Å². The number of aromatic nitrogens is 3. The van der Waals surface area contributed by atoms with Gasteiger partial charge in [-0.15, -0.1) is 0 Å². The Hall–Kier alpha value is -2.62. The molecule has 3 aromatic rings. The SMILES string of the molecule is C[C@]12CC[C@@H]3c4ccc(O)cc4CC[C@H]3[C@@H]1Cc1c(-c3cccnc3)n[nH]c12. The molecule has 0 saturated heterocycles. The largest absolute Gasteiger partial charge is 0.508 e. The van der Waals surface area contributed by atoms with Crippen LogP contribution in [0, 0.1) is 11.8 Å². The van der Waals surface area contributed by atoms with Crippen LogP contribution in [-0.2, 0) is 18.3 Å². The Kier molecular flexibility index (Phi) is 3.32. The van der Waals surface area contributed by atoms with Gasteiger partial charge < -0.3 is 5.11 Å². The summed E-state index contributed by atoms with van der Waals surface area (Å²) in [5, 5.41) is 18.0. The van der Waals surface area contributed by atoms with E-state index in [1.165, 1.54) is 41.6 Å². The van der Waals surface area contributed by atoms with Crippen LogP contribution in [0.3, 0.4) is 0 Å². The number of aromatic amines is 1. The standard InChI is InChI=1S/C24H25N3O/c1-24-9-8-18-17-7-5-16(28)11-14(17)4-6-19(18)21(24)12-20-22(26-27-23(20)24)15-3-2-10-25-13-15/h2-3,5,7,10-11,13,18-19,21,28H,4,6,8-9,12H2,1H3,(H,26,27)/t18-,19-,21+,24+/m1/s1. The van der Waals surface area contributed by atoms with Crippen LogP contribution in [0.15, 0.2) is 42.7 Å². The third kappa shape index (κ3) is 2.12. The molecule has 6 rings (SSSR count). The highest BCUT2D eigenvalue weighted by molar-refractivity contribution is 5.65. The average Bonchev–Trinajstić information content (AvgIpc) is 3.26. The Morgan fingerprint density at radius 1 is 1.21 bits per heavy atom. The Balaban J connectivity index is 1.40. The predicted octanol–water partition coefficient (Wildman–Crippen LogP) is 4.75. The number of fused-ring (bicyclic) bond motifs is 7. The minimum atomic E-state index is 0.193. The average molecular weight is 371 g/mol. The van der Waals surface area contributed by atoms with Crippen LogP contribution in [0.2, 0.25) is 0 Å². The summed E-state index contributed by atoms with van der Waals surface area (Å²) in [6.07, 6.45) is 9.57. The van der Waals surface area contributed by atoms with Gasteiger partial charge in [0.2, 0.25) is 0 Å². The number of hydrogen-bond acceptors (Lipinski definition) is 3. The Morgan fingerprint density at radius 3 is 3.00 bits per heavy atom. The molecular weight excluding hydrogens is 346 g/mol. The summed E-state index contributed by atoms with van der Waals surface area (Å²) in [5.41, 5.74) is 8.03. The fourth-order valence-electron chi connectivity index (χ4n) is 6.57. The zero-order valence-electron chi connectivity index (χ0n) is 16.2. The molecule has 2 aromatic heterocycles. The van der Waals surface area contributed by atoms with Crippen molar-refractivity contribution in [2.45, 2.75) is 50.4 Å². The number of H-pyrrole nitrogens is 1. The van der Waals surface area contributed by atoms with Crippen LogP contribution in [0.1, 0.15) is 54.5 Å². The van der Waals surface area contributed by atoms with Crippen molar-refractivity contribution in [1.82, 2.24) is 15.2 Å². The first-order valence-corrected chi connectivity index (χ1v) is 10.4. The van der Waals surface area contributed by atoms with Gasteiger partial charge in [-0.25, -0.2) is 0 Å². The van der Waals surface area contributed by atoms with E-state index in [0.29, 0.717) is 23.5 Å². The van der Waals surface area contributed by atoms with E-state index in [9.17, 15) is 5.11 Å². The smallest absolute Gasteiger partial charge is 0.115 e. The normalized spacial score (nSPS) is 30.2. The number of aryl methyl sites for hydroxylation is 1. The second-order valence-corrected chi connectivity index (χ2v) is 9.13. The maximum absolute atomic E-state index is 9.89. The molecule has 4 atom stereocenters. The number of nitrogens with zero attached hydrogens (tertiary/aromatic N) is 2. The minimum Gasteiger partial charge on any atom is -0.508 e. The van der Waals surface area contributed by atoms with Crippen molar-refractivity contribution >= 4 is 0 Å². The molecule has 0 radical (unpaired) electrons. The molecule has 4 heteroatoms. The van der Waals surface area contributed by atoms with Crippen LogP contribution in [0.4, 0.5) is 0 Å². The number of pyridine rings is 1. The van der Waals surface area contributed by atoms with E-state index in [0.717, 1.165) is 24.1 Å². The van der Waals surface area contributed by atoms with Crippen LogP contribution in [0.25, 0.3) is 11.3 Å². The molecule has 0 unspecified atom stereocenters. The molecule has 1 aromatic carbocycles. The van der Waals surface area contributed by atoms with Crippen LogP contribution >= 0.6 is 0 Å². The van der Waals surface area contributed by atoms with Gasteiger partial charge >= 0.3 is 0 Å². The molecule has 0 bridgehead atoms. The maximum Gasteiger partial charge on any atom is 0.115 e. The molecule has 0 spiro atoms. The number of benzene rings is 1. The molecule has 2 N–H and O–H groups in total. The third-order valence-corrected chi connectivity index (χ3v) is 7.90. The Labute approximate surface area is 165 Å². The second kappa shape index (κ2) is 5.69. The van der Waals surface area contributed by atoms with Gasteiger partial charge in [0.1, 0.15) is 5.75 Å². The summed E-state index contributed by atoms with van der Waals surface area (Å²) in [7, 11) is 0. The molecule has 4 nitrogen and oxygen atoms in total. The summed E-state index contributed by atoms with van der Waals surface area (Å²) < 4.78 is 0. The predicted molar refractivity (Wildman–Crippen MR) is 108 cm³/mol. The van der Waals surface area contributed by atoms with Crippen molar-refractivity contribution in [3.05, 3.63) is 65.1 Å². The zero-order chi connectivity index (χ0) is 18.9. The topological polar surface area (TPSA) is 61.8 Å². The fraction of sp³-hybridized carbons (Fsp3) is 0.417. The van der Waals surface area contributed by atoms with Gasteiger partial charge in [0.05, 0.1) is 5.69 Å². The fourth-order valence-corrected chi connectivity index (χ4v) is 6.57. The molecule has 1 saturated carbocycles. The molecular formula is C24H25N3O. The first-order chi connectivity index (χ1) is 13.6. The summed E-state index contributed by atoms with van der Waals surface area (Å²) in [4.78, 5) is 4.30. The summed E-state index contributed by atoms with van der Waals surface area (Å²) in [6.45, 7) is 2.46. The Bertz CT molecular complexity index is 1060. The molecule has 1 fully saturated rings. The van der Waals surface area contributed by atoms with Gasteiger partial charge in [-0.2, -0.15) is 5.10 Å². The second-order valence-electron chi connectivity index (χ2n) is 9.13. The number of phenols is 1. The van der Waals surface area contributed by atoms with Gasteiger partial charge in [0.15, 0.2) is 0 Å². The zero-order valence-corrected chi connectivity index (χ0v) is 16.2. The lowest BCUT2D eigenvalue weighted by Crippen LogP contribution is -2.43. The molecule has 2 heterocycles. The Morgan fingerprint density at radius 2 is 2.14 bits per heavy atom.